The van der Waals surface area contributed by atoms with Crippen LogP contribution in [0.1, 0.15) is 32.3 Å². The predicted molar refractivity (Wildman–Crippen MR) is 80.5 cm³/mol. The number of hydrogen-bond donors (Lipinski definition) is 2. The van der Waals surface area contributed by atoms with Gasteiger partial charge in [0.2, 0.25) is 0 Å². The van der Waals surface area contributed by atoms with Crippen molar-refractivity contribution in [2.45, 2.75) is 32.3 Å². The Bertz CT molecular complexity index is 644. The van der Waals surface area contributed by atoms with Gasteiger partial charge in [0.15, 0.2) is 0 Å². The third kappa shape index (κ3) is 3.25. The first-order valence-electron chi connectivity index (χ1n) is 6.82. The SMILES string of the molecule is CCCC(C)(O)CNc1nc2ccccc2cc1C#N. The van der Waals surface area contributed by atoms with Gasteiger partial charge >= 0.3 is 0 Å². The Morgan fingerprint density at radius 1 is 1.40 bits per heavy atom. The van der Waals surface area contributed by atoms with Crippen molar-refractivity contribution in [3.63, 3.8) is 0 Å². The summed E-state index contributed by atoms with van der Waals surface area (Å²) in [5, 5.41) is 23.4. The molecule has 0 bridgehead atoms. The average molecular weight is 269 g/mol. The summed E-state index contributed by atoms with van der Waals surface area (Å²) >= 11 is 0. The summed E-state index contributed by atoms with van der Waals surface area (Å²) in [4.78, 5) is 4.46. The fraction of sp³-hybridized carbons (Fsp3) is 0.375. The molecule has 20 heavy (non-hydrogen) atoms. The lowest BCUT2D eigenvalue weighted by Gasteiger charge is -2.23. The molecule has 0 fully saturated rings. The van der Waals surface area contributed by atoms with Crippen LogP contribution in [0.5, 0.6) is 0 Å². The summed E-state index contributed by atoms with van der Waals surface area (Å²) in [7, 11) is 0. The quantitative estimate of drug-likeness (QED) is 0.875. The second-order valence-corrected chi connectivity index (χ2v) is 5.29. The lowest BCUT2D eigenvalue weighted by atomic mass is 10.0. The number of benzene rings is 1. The zero-order valence-corrected chi connectivity index (χ0v) is 11.8. The highest BCUT2D eigenvalue weighted by Gasteiger charge is 2.19. The molecule has 0 aliphatic rings. The minimum Gasteiger partial charge on any atom is -0.388 e. The van der Waals surface area contributed by atoms with E-state index < -0.39 is 5.60 Å². The molecule has 2 N–H and O–H groups in total. The monoisotopic (exact) mass is 269 g/mol. The normalized spacial score (nSPS) is 13.7. The highest BCUT2D eigenvalue weighted by atomic mass is 16.3. The molecule has 1 aromatic carbocycles. The van der Waals surface area contributed by atoms with Crippen LogP contribution < -0.4 is 5.32 Å². The third-order valence-electron chi connectivity index (χ3n) is 3.27. The van der Waals surface area contributed by atoms with Crippen molar-refractivity contribution >= 4 is 16.7 Å². The molecule has 2 aromatic rings. The molecule has 4 heteroatoms. The van der Waals surface area contributed by atoms with Crippen LogP contribution in [-0.4, -0.2) is 22.2 Å². The number of pyridine rings is 1. The lowest BCUT2D eigenvalue weighted by molar-refractivity contribution is 0.0636. The first-order valence-corrected chi connectivity index (χ1v) is 6.82. The summed E-state index contributed by atoms with van der Waals surface area (Å²) < 4.78 is 0. The van der Waals surface area contributed by atoms with Crippen molar-refractivity contribution in [1.29, 1.82) is 5.26 Å². The number of rotatable bonds is 5. The van der Waals surface area contributed by atoms with Gasteiger partial charge in [-0.25, -0.2) is 4.98 Å². The van der Waals surface area contributed by atoms with Gasteiger partial charge in [-0.2, -0.15) is 5.26 Å². The van der Waals surface area contributed by atoms with E-state index in [0.29, 0.717) is 24.3 Å². The predicted octanol–water partition coefficient (Wildman–Crippen LogP) is 3.07. The minimum absolute atomic E-state index is 0.376. The minimum atomic E-state index is -0.797. The molecule has 1 unspecified atom stereocenters. The first-order chi connectivity index (χ1) is 9.55. The van der Waals surface area contributed by atoms with Gasteiger partial charge in [-0.3, -0.25) is 0 Å². The van der Waals surface area contributed by atoms with Crippen LogP contribution in [0.15, 0.2) is 30.3 Å². The van der Waals surface area contributed by atoms with E-state index in [1.807, 2.05) is 37.3 Å². The van der Waals surface area contributed by atoms with Gasteiger partial charge in [0.1, 0.15) is 11.9 Å². The van der Waals surface area contributed by atoms with E-state index in [-0.39, 0.29) is 0 Å². The molecule has 0 saturated heterocycles. The number of para-hydroxylation sites is 1. The van der Waals surface area contributed by atoms with Gasteiger partial charge in [0.25, 0.3) is 0 Å². The second-order valence-electron chi connectivity index (χ2n) is 5.29. The Morgan fingerprint density at radius 3 is 2.85 bits per heavy atom. The number of nitrogens with zero attached hydrogens (tertiary/aromatic N) is 2. The van der Waals surface area contributed by atoms with E-state index in [9.17, 15) is 10.4 Å². The number of aliphatic hydroxyl groups is 1. The molecule has 1 heterocycles. The van der Waals surface area contributed by atoms with E-state index in [2.05, 4.69) is 16.4 Å². The van der Waals surface area contributed by atoms with Crippen molar-refractivity contribution in [3.05, 3.63) is 35.9 Å². The summed E-state index contributed by atoms with van der Waals surface area (Å²) in [6.45, 7) is 4.20. The van der Waals surface area contributed by atoms with Crippen LogP contribution in [0.3, 0.4) is 0 Å². The van der Waals surface area contributed by atoms with E-state index in [1.165, 1.54) is 0 Å². The molecule has 0 saturated carbocycles. The average Bonchev–Trinajstić information content (AvgIpc) is 2.44. The number of fused-ring (bicyclic) bond motifs is 1. The Morgan fingerprint density at radius 2 is 2.15 bits per heavy atom. The van der Waals surface area contributed by atoms with Crippen molar-refractivity contribution in [1.82, 2.24) is 4.98 Å². The molecule has 0 amide bonds. The van der Waals surface area contributed by atoms with Crippen LogP contribution in [0.4, 0.5) is 5.82 Å². The zero-order chi connectivity index (χ0) is 14.6. The smallest absolute Gasteiger partial charge is 0.144 e. The Kier molecular flexibility index (Phi) is 4.21. The summed E-state index contributed by atoms with van der Waals surface area (Å²) in [5.41, 5.74) is 0.537. The van der Waals surface area contributed by atoms with Crippen molar-refractivity contribution in [2.24, 2.45) is 0 Å². The van der Waals surface area contributed by atoms with Crippen molar-refractivity contribution in [3.8, 4) is 6.07 Å². The van der Waals surface area contributed by atoms with Crippen LogP contribution in [-0.2, 0) is 0 Å². The molecular weight excluding hydrogens is 250 g/mol. The second kappa shape index (κ2) is 5.89. The molecule has 0 aliphatic carbocycles. The first kappa shape index (κ1) is 14.3. The Labute approximate surface area is 119 Å². The van der Waals surface area contributed by atoms with Gasteiger partial charge in [-0.05, 0) is 25.5 Å². The standard InChI is InChI=1S/C16H19N3O/c1-3-8-16(2,20)11-18-15-13(10-17)9-12-6-4-5-7-14(12)19-15/h4-7,9,20H,3,8,11H2,1-2H3,(H,18,19). The molecule has 104 valence electrons. The van der Waals surface area contributed by atoms with E-state index in [1.54, 1.807) is 6.92 Å². The van der Waals surface area contributed by atoms with Gasteiger partial charge in [0, 0.05) is 11.9 Å². The summed E-state index contributed by atoms with van der Waals surface area (Å²) in [6.07, 6.45) is 1.61. The van der Waals surface area contributed by atoms with Crippen LogP contribution in [0.25, 0.3) is 10.9 Å². The molecule has 1 aromatic heterocycles. The highest BCUT2D eigenvalue weighted by molar-refractivity contribution is 5.82. The molecule has 4 nitrogen and oxygen atoms in total. The molecule has 0 radical (unpaired) electrons. The molecule has 0 aliphatic heterocycles. The number of anilines is 1. The van der Waals surface area contributed by atoms with Gasteiger partial charge in [-0.1, -0.05) is 31.5 Å². The fourth-order valence-electron chi connectivity index (χ4n) is 2.24. The number of aromatic nitrogens is 1. The van der Waals surface area contributed by atoms with Crippen LogP contribution in [0, 0.1) is 11.3 Å². The van der Waals surface area contributed by atoms with Crippen LogP contribution in [0.2, 0.25) is 0 Å². The van der Waals surface area contributed by atoms with Gasteiger partial charge in [-0.15, -0.1) is 0 Å². The third-order valence-corrected chi connectivity index (χ3v) is 3.27. The maximum atomic E-state index is 10.2. The molecular formula is C16H19N3O. The summed E-state index contributed by atoms with van der Waals surface area (Å²) in [6, 6.07) is 11.6. The van der Waals surface area contributed by atoms with Gasteiger partial charge in [0.05, 0.1) is 16.7 Å². The summed E-state index contributed by atoms with van der Waals surface area (Å²) in [5.74, 6) is 0.530. The highest BCUT2D eigenvalue weighted by Crippen LogP contribution is 2.21. The number of nitriles is 1. The van der Waals surface area contributed by atoms with Gasteiger partial charge < -0.3 is 10.4 Å². The number of nitrogens with one attached hydrogen (secondary N) is 1. The van der Waals surface area contributed by atoms with Crippen LogP contribution >= 0.6 is 0 Å². The Balaban J connectivity index is 2.27. The zero-order valence-electron chi connectivity index (χ0n) is 11.8. The molecule has 2 rings (SSSR count). The van der Waals surface area contributed by atoms with E-state index >= 15 is 0 Å². The molecule has 0 spiro atoms. The lowest BCUT2D eigenvalue weighted by Crippen LogP contribution is -2.33. The largest absolute Gasteiger partial charge is 0.388 e. The Hall–Kier alpha value is -2.12. The van der Waals surface area contributed by atoms with E-state index in [0.717, 1.165) is 17.3 Å². The number of hydrogen-bond acceptors (Lipinski definition) is 4. The van der Waals surface area contributed by atoms with Crippen molar-refractivity contribution < 1.29 is 5.11 Å². The maximum absolute atomic E-state index is 10.2. The molecule has 1 atom stereocenters. The maximum Gasteiger partial charge on any atom is 0.144 e. The fourth-order valence-corrected chi connectivity index (χ4v) is 2.24. The van der Waals surface area contributed by atoms with E-state index in [4.69, 9.17) is 0 Å². The van der Waals surface area contributed by atoms with Crippen molar-refractivity contribution in [2.75, 3.05) is 11.9 Å². The topological polar surface area (TPSA) is 68.9 Å².